The van der Waals surface area contributed by atoms with Crippen molar-refractivity contribution in [2.24, 2.45) is 5.73 Å². The summed E-state index contributed by atoms with van der Waals surface area (Å²) in [4.78, 5) is 4.12. The van der Waals surface area contributed by atoms with Crippen molar-refractivity contribution in [2.75, 3.05) is 0 Å². The van der Waals surface area contributed by atoms with E-state index in [9.17, 15) is 0 Å². The first-order chi connectivity index (χ1) is 7.27. The second-order valence-electron chi connectivity index (χ2n) is 3.12. The minimum atomic E-state index is 0.00468. The van der Waals surface area contributed by atoms with Crippen molar-refractivity contribution in [2.45, 2.75) is 22.6 Å². The van der Waals surface area contributed by atoms with Gasteiger partial charge in [0.2, 0.25) is 0 Å². The smallest absolute Gasteiger partial charge is 0.170 e. The van der Waals surface area contributed by atoms with Crippen molar-refractivity contribution >= 4 is 23.3 Å². The maximum absolute atomic E-state index is 5.92. The first kappa shape index (κ1) is 10.7. The van der Waals surface area contributed by atoms with Crippen LogP contribution in [-0.2, 0) is 0 Å². The van der Waals surface area contributed by atoms with Gasteiger partial charge >= 0.3 is 0 Å². The Bertz CT molecular complexity index is 385. The number of hydrogen-bond acceptors (Lipinski definition) is 6. The van der Waals surface area contributed by atoms with E-state index in [4.69, 9.17) is 10.2 Å². The van der Waals surface area contributed by atoms with Gasteiger partial charge in [-0.3, -0.25) is 0 Å². The lowest BCUT2D eigenvalue weighted by molar-refractivity contribution is 0.486. The fourth-order valence-corrected chi connectivity index (χ4v) is 2.88. The summed E-state index contributed by atoms with van der Waals surface area (Å²) in [5.41, 5.74) is 5.92. The molecule has 0 aliphatic heterocycles. The van der Waals surface area contributed by atoms with Crippen molar-refractivity contribution in [1.29, 1.82) is 0 Å². The lowest BCUT2D eigenvalue weighted by Crippen LogP contribution is -2.22. The summed E-state index contributed by atoms with van der Waals surface area (Å²) < 4.78 is 10.2. The Morgan fingerprint density at radius 3 is 3.00 bits per heavy atom. The third-order valence-corrected chi connectivity index (χ3v) is 4.07. The van der Waals surface area contributed by atoms with E-state index in [0.717, 1.165) is 10.1 Å². The van der Waals surface area contributed by atoms with E-state index >= 15 is 0 Å². The molecule has 0 saturated heterocycles. The average molecular weight is 241 g/mol. The topological polar surface area (TPSA) is 64.9 Å². The zero-order valence-corrected chi connectivity index (χ0v) is 9.79. The second kappa shape index (κ2) is 4.78. The summed E-state index contributed by atoms with van der Waals surface area (Å²) in [6.07, 6.45) is 3.21. The largest absolute Gasteiger partial charge is 0.468 e. The Hall–Kier alpha value is -0.850. The van der Waals surface area contributed by atoms with Crippen molar-refractivity contribution in [3.63, 3.8) is 0 Å². The molecule has 2 rings (SSSR count). The van der Waals surface area contributed by atoms with Crippen LogP contribution in [-0.4, -0.2) is 15.4 Å². The summed E-state index contributed by atoms with van der Waals surface area (Å²) in [6, 6.07) is 3.80. The monoisotopic (exact) mass is 241 g/mol. The fraction of sp³-hybridized carbons (Fsp3) is 0.333. The van der Waals surface area contributed by atoms with Gasteiger partial charge in [-0.05, 0) is 30.6 Å². The van der Waals surface area contributed by atoms with Gasteiger partial charge in [0.15, 0.2) is 4.34 Å². The third-order valence-electron chi connectivity index (χ3n) is 1.87. The molecule has 2 heterocycles. The highest BCUT2D eigenvalue weighted by molar-refractivity contribution is 8.01. The third kappa shape index (κ3) is 2.58. The summed E-state index contributed by atoms with van der Waals surface area (Å²) in [6.45, 7) is 1.96. The Morgan fingerprint density at radius 2 is 2.47 bits per heavy atom. The van der Waals surface area contributed by atoms with Crippen LogP contribution in [0, 0.1) is 0 Å². The molecule has 4 nitrogen and oxygen atoms in total. The van der Waals surface area contributed by atoms with E-state index in [1.807, 2.05) is 19.1 Å². The highest BCUT2D eigenvalue weighted by Gasteiger charge is 2.21. The molecule has 80 valence electrons. The molecule has 0 bridgehead atoms. The first-order valence-corrected chi connectivity index (χ1v) is 6.15. The van der Waals surface area contributed by atoms with E-state index in [0.29, 0.717) is 0 Å². The molecule has 0 fully saturated rings. The fourth-order valence-electron chi connectivity index (χ4n) is 1.20. The van der Waals surface area contributed by atoms with Crippen molar-refractivity contribution in [3.8, 4) is 0 Å². The van der Waals surface area contributed by atoms with Gasteiger partial charge in [-0.15, -0.1) is 0 Å². The first-order valence-electron chi connectivity index (χ1n) is 4.49. The van der Waals surface area contributed by atoms with Crippen LogP contribution in [0.4, 0.5) is 0 Å². The van der Waals surface area contributed by atoms with Gasteiger partial charge in [0.1, 0.15) is 12.1 Å². The summed E-state index contributed by atoms with van der Waals surface area (Å²) in [5, 5.41) is 0.0907. The van der Waals surface area contributed by atoms with Crippen LogP contribution in [0.3, 0.4) is 0 Å². The molecule has 2 unspecified atom stereocenters. The summed E-state index contributed by atoms with van der Waals surface area (Å²) >= 11 is 2.96. The molecule has 6 heteroatoms. The van der Waals surface area contributed by atoms with Gasteiger partial charge in [0.05, 0.1) is 11.5 Å². The Labute approximate surface area is 96.1 Å². The predicted octanol–water partition coefficient (Wildman–Crippen LogP) is 2.31. The number of nitrogens with zero attached hydrogens (tertiary/aromatic N) is 2. The SMILES string of the molecule is CC(N)C(Sc1ncns1)c1ccco1. The standard InChI is InChI=1S/C9H11N3OS2/c1-6(10)8(7-3-2-4-13-7)14-9-11-5-12-15-9/h2-6,8H,10H2,1H3. The maximum Gasteiger partial charge on any atom is 0.170 e. The van der Waals surface area contributed by atoms with E-state index in [-0.39, 0.29) is 11.3 Å². The van der Waals surface area contributed by atoms with Gasteiger partial charge in [-0.25, -0.2) is 4.98 Å². The molecular formula is C9H11N3OS2. The van der Waals surface area contributed by atoms with Crippen LogP contribution in [0.25, 0.3) is 0 Å². The van der Waals surface area contributed by atoms with Crippen LogP contribution >= 0.6 is 23.3 Å². The Kier molecular flexibility index (Phi) is 3.40. The average Bonchev–Trinajstić information content (AvgIpc) is 2.87. The summed E-state index contributed by atoms with van der Waals surface area (Å²) in [7, 11) is 0. The predicted molar refractivity (Wildman–Crippen MR) is 60.9 cm³/mol. The van der Waals surface area contributed by atoms with Gasteiger partial charge < -0.3 is 10.2 Å². The molecule has 2 aromatic rings. The number of aromatic nitrogens is 2. The van der Waals surface area contributed by atoms with Crippen LogP contribution in [0.2, 0.25) is 0 Å². The number of thioether (sulfide) groups is 1. The van der Waals surface area contributed by atoms with Gasteiger partial charge in [0.25, 0.3) is 0 Å². The van der Waals surface area contributed by atoms with E-state index < -0.39 is 0 Å². The van der Waals surface area contributed by atoms with Crippen LogP contribution < -0.4 is 5.73 Å². The van der Waals surface area contributed by atoms with Crippen LogP contribution in [0.15, 0.2) is 33.5 Å². The molecule has 0 radical (unpaired) electrons. The van der Waals surface area contributed by atoms with E-state index in [2.05, 4.69) is 9.36 Å². The number of furan rings is 1. The maximum atomic E-state index is 5.92. The molecular weight excluding hydrogens is 230 g/mol. The Balaban J connectivity index is 2.14. The van der Waals surface area contributed by atoms with Gasteiger partial charge in [-0.2, -0.15) is 4.37 Å². The summed E-state index contributed by atoms with van der Waals surface area (Å²) in [5.74, 6) is 0.880. The quantitative estimate of drug-likeness (QED) is 0.832. The molecule has 2 atom stereocenters. The van der Waals surface area contributed by atoms with Gasteiger partial charge in [-0.1, -0.05) is 11.8 Å². The minimum Gasteiger partial charge on any atom is -0.468 e. The molecule has 0 aliphatic carbocycles. The number of nitrogens with two attached hydrogens (primary N) is 1. The van der Waals surface area contributed by atoms with E-state index in [1.165, 1.54) is 11.5 Å². The second-order valence-corrected chi connectivity index (χ2v) is 5.29. The van der Waals surface area contributed by atoms with Crippen LogP contribution in [0.1, 0.15) is 17.9 Å². The van der Waals surface area contributed by atoms with Gasteiger partial charge in [0, 0.05) is 6.04 Å². The molecule has 15 heavy (non-hydrogen) atoms. The molecule has 0 spiro atoms. The highest BCUT2D eigenvalue weighted by Crippen LogP contribution is 2.37. The molecule has 2 aromatic heterocycles. The van der Waals surface area contributed by atoms with Crippen molar-refractivity contribution in [3.05, 3.63) is 30.5 Å². The number of rotatable bonds is 4. The molecule has 0 aliphatic rings. The molecule has 0 amide bonds. The highest BCUT2D eigenvalue weighted by atomic mass is 32.2. The minimum absolute atomic E-state index is 0.00468. The molecule has 0 aromatic carbocycles. The van der Waals surface area contributed by atoms with E-state index in [1.54, 1.807) is 24.4 Å². The lowest BCUT2D eigenvalue weighted by atomic mass is 10.2. The lowest BCUT2D eigenvalue weighted by Gasteiger charge is -2.15. The van der Waals surface area contributed by atoms with Crippen molar-refractivity contribution in [1.82, 2.24) is 9.36 Å². The normalized spacial score (nSPS) is 15.1. The number of hydrogen-bond donors (Lipinski definition) is 1. The molecule has 2 N–H and O–H groups in total. The van der Waals surface area contributed by atoms with Crippen LogP contribution in [0.5, 0.6) is 0 Å². The zero-order valence-electron chi connectivity index (χ0n) is 8.16. The zero-order chi connectivity index (χ0) is 10.7. The van der Waals surface area contributed by atoms with Crippen molar-refractivity contribution < 1.29 is 4.42 Å². The molecule has 0 saturated carbocycles. The Morgan fingerprint density at radius 1 is 1.60 bits per heavy atom.